The number of nitrogens with zero attached hydrogens (tertiary/aromatic N) is 1. The zero-order valence-corrected chi connectivity index (χ0v) is 18.9. The second kappa shape index (κ2) is 7.53. The topological polar surface area (TPSA) is 80.9 Å². The van der Waals surface area contributed by atoms with Crippen molar-refractivity contribution in [2.24, 2.45) is 5.73 Å². The van der Waals surface area contributed by atoms with E-state index in [4.69, 9.17) is 5.73 Å². The van der Waals surface area contributed by atoms with Crippen LogP contribution in [0.15, 0.2) is 15.0 Å². The third kappa shape index (κ3) is 3.37. The zero-order chi connectivity index (χ0) is 23.8. The van der Waals surface area contributed by atoms with Crippen molar-refractivity contribution in [2.75, 3.05) is 0 Å². The molecule has 0 bridgehead atoms. The van der Waals surface area contributed by atoms with Gasteiger partial charge in [0.15, 0.2) is 0 Å². The average Bonchev–Trinajstić information content (AvgIpc) is 3.49. The molecule has 1 saturated carbocycles. The third-order valence-corrected chi connectivity index (χ3v) is 8.05. The summed E-state index contributed by atoms with van der Waals surface area (Å²) in [6.45, 7) is 3.10. The standard InChI is InChI=1S/C23H23F4N3O2S/c1-9-16-19(30(11-6-7-11)22(32)29-21(16)31)10(2)15(18(9)24)13-8-33-14-5-3-4-12(17(13)14)20(28)23(25,26)27/h8,11-12,20H,3-7,28H2,1-2H3,(H,29,31,32). The Kier molecular flexibility index (Phi) is 5.09. The van der Waals surface area contributed by atoms with Crippen molar-refractivity contribution >= 4 is 22.2 Å². The van der Waals surface area contributed by atoms with Crippen LogP contribution in [0.25, 0.3) is 22.0 Å². The second-order valence-electron chi connectivity index (χ2n) is 9.08. The molecular weight excluding hydrogens is 458 g/mol. The lowest BCUT2D eigenvalue weighted by Crippen LogP contribution is -2.43. The number of aryl methyl sites for hydroxylation is 3. The molecule has 176 valence electrons. The summed E-state index contributed by atoms with van der Waals surface area (Å²) in [6.07, 6.45) is -1.59. The summed E-state index contributed by atoms with van der Waals surface area (Å²) in [5.41, 5.74) is 6.23. The van der Waals surface area contributed by atoms with E-state index < -0.39 is 35.2 Å². The highest BCUT2D eigenvalue weighted by molar-refractivity contribution is 7.10. The van der Waals surface area contributed by atoms with Crippen LogP contribution in [0.1, 0.15) is 59.2 Å². The molecule has 3 aromatic rings. The highest BCUT2D eigenvalue weighted by atomic mass is 32.1. The number of thiophene rings is 1. The van der Waals surface area contributed by atoms with Crippen LogP contribution in [0, 0.1) is 19.7 Å². The first-order chi connectivity index (χ1) is 15.5. The predicted molar refractivity (Wildman–Crippen MR) is 120 cm³/mol. The fourth-order valence-electron chi connectivity index (χ4n) is 5.26. The summed E-state index contributed by atoms with van der Waals surface area (Å²) in [7, 11) is 0. The largest absolute Gasteiger partial charge is 0.404 e. The number of nitrogens with one attached hydrogen (secondary N) is 1. The molecule has 1 fully saturated rings. The fraction of sp³-hybridized carbons (Fsp3) is 0.478. The van der Waals surface area contributed by atoms with E-state index in [1.807, 2.05) is 0 Å². The molecule has 5 nitrogen and oxygen atoms in total. The van der Waals surface area contributed by atoms with Gasteiger partial charge < -0.3 is 5.73 Å². The molecule has 10 heteroatoms. The van der Waals surface area contributed by atoms with Crippen molar-refractivity contribution in [3.8, 4) is 11.1 Å². The molecule has 0 amide bonds. The number of hydrogen-bond acceptors (Lipinski definition) is 4. The summed E-state index contributed by atoms with van der Waals surface area (Å²) < 4.78 is 58.0. The lowest BCUT2D eigenvalue weighted by molar-refractivity contribution is -0.153. The molecule has 2 aromatic heterocycles. The summed E-state index contributed by atoms with van der Waals surface area (Å²) >= 11 is 1.31. The Morgan fingerprint density at radius 3 is 2.52 bits per heavy atom. The van der Waals surface area contributed by atoms with Crippen LogP contribution in [-0.4, -0.2) is 21.8 Å². The van der Waals surface area contributed by atoms with Gasteiger partial charge >= 0.3 is 11.9 Å². The Balaban J connectivity index is 1.84. The Morgan fingerprint density at radius 1 is 1.18 bits per heavy atom. The Labute approximate surface area is 190 Å². The van der Waals surface area contributed by atoms with Crippen molar-refractivity contribution in [1.82, 2.24) is 9.55 Å². The number of aromatic amines is 1. The van der Waals surface area contributed by atoms with Gasteiger partial charge in [-0.25, -0.2) is 9.18 Å². The second-order valence-corrected chi connectivity index (χ2v) is 10.0. The van der Waals surface area contributed by atoms with Gasteiger partial charge in [-0.3, -0.25) is 14.3 Å². The number of halogens is 4. The summed E-state index contributed by atoms with van der Waals surface area (Å²) in [5, 5.41) is 1.79. The molecule has 5 rings (SSSR count). The van der Waals surface area contributed by atoms with Crippen LogP contribution in [0.4, 0.5) is 17.6 Å². The van der Waals surface area contributed by atoms with Gasteiger partial charge in [0.1, 0.15) is 11.9 Å². The van der Waals surface area contributed by atoms with E-state index in [1.165, 1.54) is 22.8 Å². The van der Waals surface area contributed by atoms with Crippen molar-refractivity contribution in [2.45, 2.75) is 70.1 Å². The van der Waals surface area contributed by atoms with Crippen LogP contribution in [0.2, 0.25) is 0 Å². The minimum Gasteiger partial charge on any atom is -0.320 e. The first kappa shape index (κ1) is 22.3. The molecule has 0 aliphatic heterocycles. The molecule has 0 spiro atoms. The number of aromatic nitrogens is 2. The zero-order valence-electron chi connectivity index (χ0n) is 18.1. The predicted octanol–water partition coefficient (Wildman–Crippen LogP) is 4.82. The number of benzene rings is 1. The molecule has 2 unspecified atom stereocenters. The van der Waals surface area contributed by atoms with Crippen LogP contribution in [0.3, 0.4) is 0 Å². The van der Waals surface area contributed by atoms with Gasteiger partial charge in [0, 0.05) is 28.0 Å². The SMILES string of the molecule is Cc1c(F)c(-c2csc3c2C(C(N)C(F)(F)F)CCC3)c(C)c2c1c(=O)[nH]c(=O)n2C1CC1. The molecule has 3 N–H and O–H groups in total. The maximum Gasteiger partial charge on any atom is 0.404 e. The molecular formula is C23H23F4N3O2S. The Bertz CT molecular complexity index is 1400. The van der Waals surface area contributed by atoms with Crippen LogP contribution in [0.5, 0.6) is 0 Å². The van der Waals surface area contributed by atoms with E-state index in [0.29, 0.717) is 35.0 Å². The van der Waals surface area contributed by atoms with Crippen molar-refractivity contribution in [1.29, 1.82) is 0 Å². The Morgan fingerprint density at radius 2 is 1.88 bits per heavy atom. The molecule has 0 saturated heterocycles. The minimum absolute atomic E-state index is 0.0775. The number of fused-ring (bicyclic) bond motifs is 2. The highest BCUT2D eigenvalue weighted by Crippen LogP contribution is 2.48. The van der Waals surface area contributed by atoms with Crippen LogP contribution in [-0.2, 0) is 6.42 Å². The average molecular weight is 482 g/mol. The van der Waals surface area contributed by atoms with E-state index in [2.05, 4.69) is 4.98 Å². The maximum atomic E-state index is 15.8. The fourth-order valence-corrected chi connectivity index (χ4v) is 6.42. The van der Waals surface area contributed by atoms with Gasteiger partial charge in [0.2, 0.25) is 0 Å². The van der Waals surface area contributed by atoms with Crippen molar-refractivity contribution in [3.05, 3.63) is 53.6 Å². The minimum atomic E-state index is -4.58. The molecule has 2 aliphatic rings. The quantitative estimate of drug-likeness (QED) is 0.527. The summed E-state index contributed by atoms with van der Waals surface area (Å²) in [5.74, 6) is -1.63. The van der Waals surface area contributed by atoms with Gasteiger partial charge in [0.25, 0.3) is 5.56 Å². The van der Waals surface area contributed by atoms with E-state index in [9.17, 15) is 22.8 Å². The maximum absolute atomic E-state index is 15.8. The van der Waals surface area contributed by atoms with Gasteiger partial charge in [-0.2, -0.15) is 13.2 Å². The number of rotatable bonds is 3. The van der Waals surface area contributed by atoms with Crippen LogP contribution < -0.4 is 17.0 Å². The lowest BCUT2D eigenvalue weighted by Gasteiger charge is -2.31. The van der Waals surface area contributed by atoms with Gasteiger partial charge in [-0.15, -0.1) is 11.3 Å². The molecule has 33 heavy (non-hydrogen) atoms. The highest BCUT2D eigenvalue weighted by Gasteiger charge is 2.45. The number of alkyl halides is 3. The Hall–Kier alpha value is -2.46. The van der Waals surface area contributed by atoms with E-state index >= 15 is 4.39 Å². The number of hydrogen-bond donors (Lipinski definition) is 2. The molecule has 1 aromatic carbocycles. The number of H-pyrrole nitrogens is 1. The number of nitrogens with two attached hydrogens (primary N) is 1. The van der Waals surface area contributed by atoms with Crippen molar-refractivity contribution in [3.63, 3.8) is 0 Å². The monoisotopic (exact) mass is 481 g/mol. The van der Waals surface area contributed by atoms with Gasteiger partial charge in [0.05, 0.1) is 10.9 Å². The van der Waals surface area contributed by atoms with Gasteiger partial charge in [-0.1, -0.05) is 0 Å². The molecule has 2 heterocycles. The third-order valence-electron chi connectivity index (χ3n) is 6.99. The van der Waals surface area contributed by atoms with E-state index in [1.54, 1.807) is 12.3 Å². The van der Waals surface area contributed by atoms with E-state index in [0.717, 1.165) is 17.7 Å². The summed E-state index contributed by atoms with van der Waals surface area (Å²) in [6, 6.07) is -2.14. The lowest BCUT2D eigenvalue weighted by atomic mass is 9.78. The summed E-state index contributed by atoms with van der Waals surface area (Å²) in [4.78, 5) is 28.3. The molecule has 2 aliphatic carbocycles. The molecule has 2 atom stereocenters. The normalized spacial score (nSPS) is 19.7. The van der Waals surface area contributed by atoms with Crippen LogP contribution >= 0.6 is 11.3 Å². The van der Waals surface area contributed by atoms with Crippen molar-refractivity contribution < 1.29 is 17.6 Å². The molecule has 0 radical (unpaired) electrons. The van der Waals surface area contributed by atoms with E-state index in [-0.39, 0.29) is 29.0 Å². The first-order valence-electron chi connectivity index (χ1n) is 10.9. The smallest absolute Gasteiger partial charge is 0.320 e. The van der Waals surface area contributed by atoms with Gasteiger partial charge in [-0.05, 0) is 68.0 Å². The first-order valence-corrected chi connectivity index (χ1v) is 11.8.